The molecule has 3 aromatic rings. The summed E-state index contributed by atoms with van der Waals surface area (Å²) in [4.78, 5) is 17.8. The van der Waals surface area contributed by atoms with Gasteiger partial charge >= 0.3 is 0 Å². The molecule has 102 valence electrons. The van der Waals surface area contributed by atoms with Crippen LogP contribution in [0.3, 0.4) is 0 Å². The van der Waals surface area contributed by atoms with Gasteiger partial charge in [-0.3, -0.25) is 10.1 Å². The summed E-state index contributed by atoms with van der Waals surface area (Å²) >= 11 is 0. The Morgan fingerprint density at radius 3 is 2.50 bits per heavy atom. The van der Waals surface area contributed by atoms with Crippen molar-refractivity contribution in [2.24, 2.45) is 0 Å². The van der Waals surface area contributed by atoms with E-state index in [0.29, 0.717) is 22.5 Å². The highest BCUT2D eigenvalue weighted by atomic mass is 16.6. The molecule has 0 unspecified atom stereocenters. The molecule has 0 aliphatic rings. The highest BCUT2D eigenvalue weighted by molar-refractivity contribution is 5.81. The molecule has 6 nitrogen and oxygen atoms in total. The molecule has 0 spiro atoms. The minimum atomic E-state index is -0.427. The van der Waals surface area contributed by atoms with Gasteiger partial charge in [0.2, 0.25) is 0 Å². The van der Waals surface area contributed by atoms with Gasteiger partial charge in [-0.15, -0.1) is 0 Å². The topological polar surface area (TPSA) is 97.8 Å². The van der Waals surface area contributed by atoms with E-state index in [9.17, 15) is 10.1 Å². The second-order valence-corrected chi connectivity index (χ2v) is 4.17. The van der Waals surface area contributed by atoms with Gasteiger partial charge in [0.25, 0.3) is 5.69 Å². The molecule has 0 aliphatic carbocycles. The van der Waals surface area contributed by atoms with E-state index in [-0.39, 0.29) is 13.1 Å². The number of nitro benzene ring substituents is 1. The van der Waals surface area contributed by atoms with E-state index in [1.807, 2.05) is 12.1 Å². The third kappa shape index (κ3) is 2.31. The van der Waals surface area contributed by atoms with Crippen molar-refractivity contribution in [3.05, 3.63) is 52.6 Å². The number of nitro groups is 1. The Bertz CT molecular complexity index is 762. The van der Waals surface area contributed by atoms with Crippen molar-refractivity contribution < 1.29 is 4.92 Å². The van der Waals surface area contributed by atoms with Crippen LogP contribution in [0.1, 0.15) is 7.43 Å². The van der Waals surface area contributed by atoms with Crippen LogP contribution < -0.4 is 5.73 Å². The number of rotatable bonds is 2. The normalized spacial score (nSPS) is 10.2. The molecule has 20 heavy (non-hydrogen) atoms. The maximum Gasteiger partial charge on any atom is 0.271 e. The summed E-state index contributed by atoms with van der Waals surface area (Å²) in [6, 6.07) is 11.8. The van der Waals surface area contributed by atoms with Gasteiger partial charge in [-0.1, -0.05) is 7.43 Å². The Hall–Kier alpha value is -2.89. The van der Waals surface area contributed by atoms with Gasteiger partial charge in [0, 0.05) is 23.4 Å². The van der Waals surface area contributed by atoms with Crippen molar-refractivity contribution in [2.75, 3.05) is 5.73 Å². The maximum atomic E-state index is 10.7. The lowest BCUT2D eigenvalue weighted by atomic mass is 10.2. The molecule has 6 heteroatoms. The Morgan fingerprint density at radius 1 is 1.15 bits per heavy atom. The second kappa shape index (κ2) is 5.00. The number of aromatic nitrogens is 2. The van der Waals surface area contributed by atoms with Crippen molar-refractivity contribution in [3.8, 4) is 11.4 Å². The third-order valence-electron chi connectivity index (χ3n) is 2.86. The predicted molar refractivity (Wildman–Crippen MR) is 79.3 cm³/mol. The zero-order valence-electron chi connectivity index (χ0n) is 9.83. The molecule has 1 heterocycles. The predicted octanol–water partition coefficient (Wildman–Crippen LogP) is 3.36. The molecular formula is C14H14N4O2. The van der Waals surface area contributed by atoms with Gasteiger partial charge in [0.05, 0.1) is 16.0 Å². The third-order valence-corrected chi connectivity index (χ3v) is 2.86. The molecule has 3 N–H and O–H groups in total. The van der Waals surface area contributed by atoms with E-state index < -0.39 is 4.92 Å². The van der Waals surface area contributed by atoms with Gasteiger partial charge < -0.3 is 10.7 Å². The van der Waals surface area contributed by atoms with Crippen molar-refractivity contribution >= 4 is 22.4 Å². The van der Waals surface area contributed by atoms with E-state index in [0.717, 1.165) is 5.56 Å². The van der Waals surface area contributed by atoms with Gasteiger partial charge in [-0.05, 0) is 30.3 Å². The number of nitrogens with one attached hydrogen (secondary N) is 1. The number of fused-ring (bicyclic) bond motifs is 1. The standard InChI is InChI=1S/C13H10N4O2.CH4/c14-9-3-1-8(2-4-9)13-15-11-6-5-10(17(18)19)7-12(11)16-13;/h1-7H,14H2,(H,15,16);1H4. The first-order valence-electron chi connectivity index (χ1n) is 5.63. The SMILES string of the molecule is C.Nc1ccc(-c2nc3ccc([N+](=O)[O-])cc3[nH]2)cc1. The molecule has 0 fully saturated rings. The van der Waals surface area contributed by atoms with E-state index in [1.54, 1.807) is 18.2 Å². The number of nitrogens with zero attached hydrogens (tertiary/aromatic N) is 2. The summed E-state index contributed by atoms with van der Waals surface area (Å²) in [6.45, 7) is 0. The summed E-state index contributed by atoms with van der Waals surface area (Å²) in [5.41, 5.74) is 8.56. The zero-order valence-corrected chi connectivity index (χ0v) is 9.83. The number of nitrogens with two attached hydrogens (primary N) is 1. The summed E-state index contributed by atoms with van der Waals surface area (Å²) in [6.07, 6.45) is 0. The van der Waals surface area contributed by atoms with E-state index in [4.69, 9.17) is 5.73 Å². The molecule has 0 amide bonds. The van der Waals surface area contributed by atoms with Gasteiger partial charge in [-0.25, -0.2) is 4.98 Å². The molecule has 0 aliphatic heterocycles. The van der Waals surface area contributed by atoms with Crippen LogP contribution in [0.4, 0.5) is 11.4 Å². The largest absolute Gasteiger partial charge is 0.399 e. The molecule has 0 saturated heterocycles. The number of benzene rings is 2. The summed E-state index contributed by atoms with van der Waals surface area (Å²) in [5, 5.41) is 10.7. The molecule has 0 atom stereocenters. The minimum Gasteiger partial charge on any atom is -0.399 e. The Morgan fingerprint density at radius 2 is 1.85 bits per heavy atom. The molecule has 0 bridgehead atoms. The number of anilines is 1. The van der Waals surface area contributed by atoms with Crippen LogP contribution in [0.15, 0.2) is 42.5 Å². The van der Waals surface area contributed by atoms with Crippen LogP contribution in [0.25, 0.3) is 22.4 Å². The number of H-pyrrole nitrogens is 1. The number of imidazole rings is 1. The number of hydrogen-bond donors (Lipinski definition) is 2. The number of hydrogen-bond acceptors (Lipinski definition) is 4. The first-order valence-corrected chi connectivity index (χ1v) is 5.63. The average Bonchev–Trinajstić information content (AvgIpc) is 2.82. The summed E-state index contributed by atoms with van der Waals surface area (Å²) in [7, 11) is 0. The van der Waals surface area contributed by atoms with Crippen molar-refractivity contribution in [1.29, 1.82) is 0 Å². The van der Waals surface area contributed by atoms with Crippen molar-refractivity contribution in [2.45, 2.75) is 7.43 Å². The Labute approximate surface area is 115 Å². The van der Waals surface area contributed by atoms with Crippen LogP contribution in [-0.2, 0) is 0 Å². The van der Waals surface area contributed by atoms with E-state index in [2.05, 4.69) is 9.97 Å². The fourth-order valence-corrected chi connectivity index (χ4v) is 1.89. The molecular weight excluding hydrogens is 256 g/mol. The molecule has 2 aromatic carbocycles. The van der Waals surface area contributed by atoms with Crippen molar-refractivity contribution in [1.82, 2.24) is 9.97 Å². The quantitative estimate of drug-likeness (QED) is 0.424. The van der Waals surface area contributed by atoms with Crippen LogP contribution in [0.2, 0.25) is 0 Å². The lowest BCUT2D eigenvalue weighted by molar-refractivity contribution is -0.384. The zero-order chi connectivity index (χ0) is 13.4. The van der Waals surface area contributed by atoms with E-state index in [1.165, 1.54) is 12.1 Å². The number of non-ortho nitro benzene ring substituents is 1. The minimum absolute atomic E-state index is 0. The average molecular weight is 270 g/mol. The summed E-state index contributed by atoms with van der Waals surface area (Å²) < 4.78 is 0. The molecule has 1 aromatic heterocycles. The van der Waals surface area contributed by atoms with Gasteiger partial charge in [0.1, 0.15) is 5.82 Å². The number of nitrogen functional groups attached to an aromatic ring is 1. The van der Waals surface area contributed by atoms with E-state index >= 15 is 0 Å². The van der Waals surface area contributed by atoms with Crippen LogP contribution >= 0.6 is 0 Å². The van der Waals surface area contributed by atoms with Crippen LogP contribution in [0.5, 0.6) is 0 Å². The first-order chi connectivity index (χ1) is 9.13. The second-order valence-electron chi connectivity index (χ2n) is 4.17. The smallest absolute Gasteiger partial charge is 0.271 e. The highest BCUT2D eigenvalue weighted by Crippen LogP contribution is 2.24. The lowest BCUT2D eigenvalue weighted by Crippen LogP contribution is -1.86. The van der Waals surface area contributed by atoms with Crippen LogP contribution in [0, 0.1) is 10.1 Å². The Kier molecular flexibility index (Phi) is 3.39. The highest BCUT2D eigenvalue weighted by Gasteiger charge is 2.10. The monoisotopic (exact) mass is 270 g/mol. The molecule has 0 saturated carbocycles. The molecule has 0 radical (unpaired) electrons. The van der Waals surface area contributed by atoms with Crippen molar-refractivity contribution in [3.63, 3.8) is 0 Å². The fraction of sp³-hybridized carbons (Fsp3) is 0.0714. The lowest BCUT2D eigenvalue weighted by Gasteiger charge is -1.96. The Balaban J connectivity index is 0.00000147. The first kappa shape index (κ1) is 13.5. The van der Waals surface area contributed by atoms with Gasteiger partial charge in [-0.2, -0.15) is 0 Å². The fourth-order valence-electron chi connectivity index (χ4n) is 1.89. The summed E-state index contributed by atoms with van der Waals surface area (Å²) in [5.74, 6) is 0.662. The maximum absolute atomic E-state index is 10.7. The molecule has 3 rings (SSSR count). The number of aromatic amines is 1. The van der Waals surface area contributed by atoms with Crippen LogP contribution in [-0.4, -0.2) is 14.9 Å². The van der Waals surface area contributed by atoms with Gasteiger partial charge in [0.15, 0.2) is 0 Å².